The summed E-state index contributed by atoms with van der Waals surface area (Å²) in [6.45, 7) is 57.2. The van der Waals surface area contributed by atoms with Gasteiger partial charge in [-0.05, 0) is 125 Å². The van der Waals surface area contributed by atoms with Gasteiger partial charge >= 0.3 is 17.1 Å². The SMILES string of the molecule is CC1CN1P(=O)(N1CC1C)N1CC1C.CC1CN1P(=O)(N1CC1C)N1CC1C.CC1CN1P(=O)(N1CC1C)N1CC1C.CC1CN1P(=O)(N1CC1C)N1CC1C.CC1CN1P(=O)(N1CC1C)N1CC1C.CC1CN1P(=O)(N1CC1C)N1CC1C.[Fe+3].[O-][Cl+3]([O-])([O-])[O-].[O-][Cl+3]([O-])([O-])[O-].[O-][Cl+3]([O-])([O-])[O-]. The van der Waals surface area contributed by atoms with Gasteiger partial charge in [0.2, 0.25) is 0 Å². The molecule has 0 aromatic carbocycles. The quantitative estimate of drug-likeness (QED) is 0.0699. The molecule has 18 rings (SSSR count). The average Bonchev–Trinajstić information content (AvgIpc) is 1.58. The van der Waals surface area contributed by atoms with Crippen LogP contribution in [0.1, 0.15) is 125 Å². The molecule has 36 unspecified atom stereocenters. The van der Waals surface area contributed by atoms with Crippen LogP contribution in [0.4, 0.5) is 0 Å². The van der Waals surface area contributed by atoms with Crippen LogP contribution in [0.25, 0.3) is 0 Å². The molecular weight excluding hydrogens is 1540 g/mol. The Labute approximate surface area is 608 Å². The summed E-state index contributed by atoms with van der Waals surface area (Å²) < 4.78 is 219. The molecular formula is C54H108Cl3FeN18O18P6. The molecule has 0 saturated carbocycles. The van der Waals surface area contributed by atoms with E-state index in [4.69, 9.17) is 55.9 Å². The molecule has 0 aromatic heterocycles. The predicted molar refractivity (Wildman–Crippen MR) is 337 cm³/mol. The Morgan fingerprint density at radius 3 is 0.220 bits per heavy atom. The number of nitrogens with zero attached hydrogens (tertiary/aromatic N) is 18. The van der Waals surface area contributed by atoms with E-state index in [1.807, 2.05) is 0 Å². The molecule has 0 aromatic rings. The van der Waals surface area contributed by atoms with Crippen LogP contribution in [0.3, 0.4) is 0 Å². The summed E-state index contributed by atoms with van der Waals surface area (Å²) in [6.07, 6.45) is 0. The predicted octanol–water partition coefficient (Wildman–Crippen LogP) is -7.03. The van der Waals surface area contributed by atoms with Gasteiger partial charge in [-0.15, -0.1) is 30.7 Å². The van der Waals surface area contributed by atoms with Crippen LogP contribution in [0.5, 0.6) is 0 Å². The van der Waals surface area contributed by atoms with Crippen LogP contribution in [0.2, 0.25) is 0 Å². The van der Waals surface area contributed by atoms with E-state index >= 15 is 0 Å². The maximum atomic E-state index is 12.9. The second-order valence-corrected chi connectivity index (χ2v) is 48.4. The Bertz CT molecular complexity index is 2440. The summed E-state index contributed by atoms with van der Waals surface area (Å²) in [7, 11) is -28.5. The molecule has 0 N–H and O–H groups in total. The molecule has 18 heterocycles. The van der Waals surface area contributed by atoms with Crippen LogP contribution in [-0.4, -0.2) is 311 Å². The van der Waals surface area contributed by atoms with Crippen molar-refractivity contribution in [2.75, 3.05) is 118 Å². The summed E-state index contributed by atoms with van der Waals surface area (Å²) in [5, 5.41) is 0. The number of halogens is 3. The van der Waals surface area contributed by atoms with Gasteiger partial charge in [-0.3, -0.25) is 27.4 Å². The maximum Gasteiger partial charge on any atom is 3.00 e. The molecule has 0 bridgehead atoms. The smallest absolute Gasteiger partial charge is 0.270 e. The van der Waals surface area contributed by atoms with Crippen molar-refractivity contribution in [3.05, 3.63) is 0 Å². The molecule has 581 valence electrons. The zero-order valence-electron chi connectivity index (χ0n) is 60.7. The van der Waals surface area contributed by atoms with Crippen molar-refractivity contribution in [1.82, 2.24) is 84.1 Å². The molecule has 0 aliphatic carbocycles. The minimum atomic E-state index is -4.94. The Kier molecular flexibility index (Phi) is 25.9. The Morgan fingerprint density at radius 1 is 0.170 bits per heavy atom. The van der Waals surface area contributed by atoms with E-state index in [-0.39, 0.29) is 17.1 Å². The fraction of sp³-hybridized carbons (Fsp3) is 1.00. The van der Waals surface area contributed by atoms with E-state index in [2.05, 4.69) is 209 Å². The van der Waals surface area contributed by atoms with Crippen molar-refractivity contribution in [2.45, 2.75) is 233 Å². The standard InChI is InChI=1S/6C9H18N3OP.3ClHO4.Fe/c6*1-7-4-10(7)14(13,11-5-8(11)2)12-6-9(12)3;3*2-1(3,4)5;/h6*7-9H,4-6H2,1-3H3;3*(H,2,3,4,5);/q;;;;;;;;;+3/p-3. The maximum absolute atomic E-state index is 12.9. The minimum Gasteiger partial charge on any atom is -0.270 e. The Hall–Kier alpha value is 1.57. The van der Waals surface area contributed by atoms with Gasteiger partial charge in [-0.25, -0.2) is 140 Å². The summed E-state index contributed by atoms with van der Waals surface area (Å²) in [6, 6.07) is 9.52. The van der Waals surface area contributed by atoms with Crippen LogP contribution in [-0.2, 0) is 44.5 Å². The van der Waals surface area contributed by atoms with Gasteiger partial charge in [0.25, 0.3) is 45.6 Å². The largest absolute Gasteiger partial charge is 3.00 e. The molecule has 18 saturated heterocycles. The van der Waals surface area contributed by atoms with E-state index in [1.165, 1.54) is 0 Å². The van der Waals surface area contributed by atoms with Gasteiger partial charge in [-0.1, -0.05) is 0 Å². The second-order valence-electron chi connectivity index (χ2n) is 30.7. The van der Waals surface area contributed by atoms with Crippen molar-refractivity contribution in [3.8, 4) is 0 Å². The van der Waals surface area contributed by atoms with Crippen LogP contribution >= 0.6 is 45.6 Å². The van der Waals surface area contributed by atoms with Crippen LogP contribution < -0.4 is 55.9 Å². The fourth-order valence-electron chi connectivity index (χ4n) is 13.2. The zero-order chi connectivity index (χ0) is 74.0. The first-order valence-electron chi connectivity index (χ1n) is 34.6. The van der Waals surface area contributed by atoms with E-state index in [1.54, 1.807) is 0 Å². The summed E-state index contributed by atoms with van der Waals surface area (Å²) in [5.74, 6) is 0. The van der Waals surface area contributed by atoms with E-state index < -0.39 is 76.3 Å². The van der Waals surface area contributed by atoms with Crippen molar-refractivity contribution in [1.29, 1.82) is 0 Å². The van der Waals surface area contributed by atoms with Crippen molar-refractivity contribution in [3.63, 3.8) is 0 Å². The number of rotatable bonds is 18. The van der Waals surface area contributed by atoms with Crippen molar-refractivity contribution >= 4 is 45.6 Å². The third kappa shape index (κ3) is 20.4. The van der Waals surface area contributed by atoms with Gasteiger partial charge in [0.1, 0.15) is 0 Å². The van der Waals surface area contributed by atoms with Gasteiger partial charge in [-0.2, -0.15) is 0 Å². The van der Waals surface area contributed by atoms with Gasteiger partial charge < -0.3 is 0 Å². The first-order chi connectivity index (χ1) is 45.3. The first-order valence-corrected chi connectivity index (χ1v) is 47.7. The summed E-state index contributed by atoms with van der Waals surface area (Å²) >= 11 is 0. The third-order valence-electron chi connectivity index (χ3n) is 20.9. The molecule has 36 nitrogen and oxygen atoms in total. The van der Waals surface area contributed by atoms with Crippen molar-refractivity contribution < 1.29 is 131 Å². The Balaban J connectivity index is 0.000000134. The molecule has 18 aliphatic rings. The monoisotopic (exact) mass is 1640 g/mol. The second kappa shape index (κ2) is 30.2. The molecule has 0 amide bonds. The van der Waals surface area contributed by atoms with Crippen LogP contribution in [0.15, 0.2) is 0 Å². The molecule has 100 heavy (non-hydrogen) atoms. The fourth-order valence-corrected chi connectivity index (χ4v) is 35.9. The average molecular weight is 1650 g/mol. The van der Waals surface area contributed by atoms with Gasteiger partial charge in [0, 0.05) is 227 Å². The minimum absolute atomic E-state index is 0. The number of hydrogen-bond acceptors (Lipinski definition) is 18. The van der Waals surface area contributed by atoms with E-state index in [0.29, 0.717) is 109 Å². The topological polar surface area (TPSA) is 433 Å². The van der Waals surface area contributed by atoms with E-state index in [9.17, 15) is 27.4 Å². The van der Waals surface area contributed by atoms with E-state index in [0.717, 1.165) is 118 Å². The van der Waals surface area contributed by atoms with Crippen molar-refractivity contribution in [2.24, 2.45) is 0 Å². The van der Waals surface area contributed by atoms with Gasteiger partial charge in [0.15, 0.2) is 0 Å². The summed E-state index contributed by atoms with van der Waals surface area (Å²) in [4.78, 5) is 0. The van der Waals surface area contributed by atoms with Crippen LogP contribution in [0, 0.1) is 30.7 Å². The third-order valence-corrected chi connectivity index (χ3v) is 43.0. The molecule has 18 aliphatic heterocycles. The molecule has 18 fully saturated rings. The zero-order valence-corrected chi connectivity index (χ0v) is 69.4. The molecule has 36 atom stereocenters. The normalized spacial score (nSPS) is 51.4. The number of hydrogen-bond donors (Lipinski definition) is 0. The molecule has 1 radical (unpaired) electrons. The van der Waals surface area contributed by atoms with Gasteiger partial charge in [0.05, 0.1) is 0 Å². The Morgan fingerprint density at radius 2 is 0.200 bits per heavy atom. The molecule has 0 spiro atoms. The first kappa shape index (κ1) is 85.6. The summed E-state index contributed by atoms with van der Waals surface area (Å²) in [5.41, 5.74) is 0. The molecule has 46 heteroatoms.